The number of pyridine rings is 1. The normalized spacial score (nSPS) is 13.9. The van der Waals surface area contributed by atoms with Crippen molar-refractivity contribution in [1.29, 1.82) is 0 Å². The Morgan fingerprint density at radius 1 is 1.24 bits per heavy atom. The Kier molecular flexibility index (Phi) is 5.50. The molecule has 1 aliphatic heterocycles. The van der Waals surface area contributed by atoms with Crippen molar-refractivity contribution in [3.8, 4) is 22.6 Å². The second kappa shape index (κ2) is 8.38. The second-order valence-corrected chi connectivity index (χ2v) is 7.19. The molecule has 0 unspecified atom stereocenters. The molecule has 1 aliphatic rings. The molecule has 1 N–H and O–H groups in total. The van der Waals surface area contributed by atoms with E-state index in [1.165, 1.54) is 0 Å². The largest absolute Gasteiger partial charge is 0.356 e. The summed E-state index contributed by atoms with van der Waals surface area (Å²) >= 11 is 0. The van der Waals surface area contributed by atoms with E-state index in [2.05, 4.69) is 20.4 Å². The second-order valence-electron chi connectivity index (χ2n) is 7.19. The fraction of sp³-hybridized carbons (Fsp3) is 0.381. The third kappa shape index (κ3) is 4.26. The molecule has 1 fully saturated rings. The molecular weight excluding hydrogens is 368 g/mol. The van der Waals surface area contributed by atoms with Gasteiger partial charge in [0.15, 0.2) is 5.76 Å². The highest BCUT2D eigenvalue weighted by Crippen LogP contribution is 2.32. The zero-order valence-electron chi connectivity index (χ0n) is 16.7. The molecule has 0 radical (unpaired) electrons. The van der Waals surface area contributed by atoms with Crippen LogP contribution in [0.3, 0.4) is 0 Å². The Bertz CT molecular complexity index is 1020. The van der Waals surface area contributed by atoms with Crippen LogP contribution in [0.25, 0.3) is 22.6 Å². The average Bonchev–Trinajstić information content (AvgIpc) is 3.33. The summed E-state index contributed by atoms with van der Waals surface area (Å²) in [6.07, 6.45) is 6.00. The van der Waals surface area contributed by atoms with Crippen molar-refractivity contribution in [1.82, 2.24) is 25.0 Å². The molecule has 1 amide bonds. The summed E-state index contributed by atoms with van der Waals surface area (Å²) < 4.78 is 5.45. The first-order valence-electron chi connectivity index (χ1n) is 9.86. The van der Waals surface area contributed by atoms with Crippen LogP contribution in [-0.2, 0) is 4.79 Å². The Labute approximate surface area is 169 Å². The first-order valence-corrected chi connectivity index (χ1v) is 9.86. The molecular formula is C21H24N6O2. The van der Waals surface area contributed by atoms with Crippen LogP contribution in [0.4, 0.5) is 5.95 Å². The standard InChI is InChI=1S/C21H24N6O2/c1-14-12-18(29-26-14)17-13-24-21(23-9-5-11-27-10-4-7-19(27)28)25-20(17)16-6-3-8-22-15(16)2/h3,6,8,12-13H,4-5,7,9-11H2,1-2H3,(H,23,24,25). The predicted octanol–water partition coefficient (Wildman–Crippen LogP) is 3.23. The van der Waals surface area contributed by atoms with E-state index in [1.54, 1.807) is 12.4 Å². The van der Waals surface area contributed by atoms with Crippen LogP contribution in [0.15, 0.2) is 35.1 Å². The van der Waals surface area contributed by atoms with Crippen molar-refractivity contribution in [3.63, 3.8) is 0 Å². The maximum atomic E-state index is 11.7. The lowest BCUT2D eigenvalue weighted by molar-refractivity contribution is -0.127. The summed E-state index contributed by atoms with van der Waals surface area (Å²) in [6.45, 7) is 6.15. The van der Waals surface area contributed by atoms with Gasteiger partial charge in [-0.3, -0.25) is 9.78 Å². The predicted molar refractivity (Wildman–Crippen MR) is 109 cm³/mol. The van der Waals surface area contributed by atoms with Crippen LogP contribution in [0.2, 0.25) is 0 Å². The van der Waals surface area contributed by atoms with Crippen LogP contribution in [0.5, 0.6) is 0 Å². The van der Waals surface area contributed by atoms with Gasteiger partial charge in [-0.05, 0) is 38.8 Å². The summed E-state index contributed by atoms with van der Waals surface area (Å²) in [5.41, 5.74) is 4.12. The van der Waals surface area contributed by atoms with Gasteiger partial charge < -0.3 is 14.7 Å². The molecule has 0 bridgehead atoms. The lowest BCUT2D eigenvalue weighted by Gasteiger charge is -2.15. The van der Waals surface area contributed by atoms with E-state index in [1.807, 2.05) is 36.9 Å². The van der Waals surface area contributed by atoms with Crippen LogP contribution in [0, 0.1) is 13.8 Å². The van der Waals surface area contributed by atoms with Gasteiger partial charge in [0, 0.05) is 55.8 Å². The molecule has 8 heteroatoms. The van der Waals surface area contributed by atoms with Crippen LogP contribution in [0.1, 0.15) is 30.7 Å². The SMILES string of the molecule is Cc1cc(-c2cnc(NCCCN3CCCC3=O)nc2-c2cccnc2C)on1. The quantitative estimate of drug-likeness (QED) is 0.617. The summed E-state index contributed by atoms with van der Waals surface area (Å²) in [5, 5.41) is 7.25. The number of nitrogens with one attached hydrogen (secondary N) is 1. The van der Waals surface area contributed by atoms with Crippen molar-refractivity contribution in [3.05, 3.63) is 42.0 Å². The average molecular weight is 392 g/mol. The van der Waals surface area contributed by atoms with E-state index in [-0.39, 0.29) is 5.91 Å². The van der Waals surface area contributed by atoms with Gasteiger partial charge in [0.1, 0.15) is 0 Å². The van der Waals surface area contributed by atoms with Crippen molar-refractivity contribution < 1.29 is 9.32 Å². The number of hydrogen-bond acceptors (Lipinski definition) is 7. The molecule has 1 saturated heterocycles. The third-order valence-corrected chi connectivity index (χ3v) is 5.00. The minimum Gasteiger partial charge on any atom is -0.356 e. The number of amides is 1. The van der Waals surface area contributed by atoms with Gasteiger partial charge >= 0.3 is 0 Å². The van der Waals surface area contributed by atoms with Gasteiger partial charge in [0.2, 0.25) is 11.9 Å². The molecule has 3 aromatic rings. The molecule has 0 aliphatic carbocycles. The molecule has 4 rings (SSSR count). The highest BCUT2D eigenvalue weighted by Gasteiger charge is 2.19. The van der Waals surface area contributed by atoms with E-state index in [9.17, 15) is 4.79 Å². The van der Waals surface area contributed by atoms with Crippen LogP contribution in [-0.4, -0.2) is 50.5 Å². The number of anilines is 1. The Morgan fingerprint density at radius 2 is 2.14 bits per heavy atom. The van der Waals surface area contributed by atoms with E-state index < -0.39 is 0 Å². The highest BCUT2D eigenvalue weighted by molar-refractivity contribution is 5.79. The number of aromatic nitrogens is 4. The highest BCUT2D eigenvalue weighted by atomic mass is 16.5. The molecule has 8 nitrogen and oxygen atoms in total. The van der Waals surface area contributed by atoms with Crippen LogP contribution < -0.4 is 5.32 Å². The van der Waals surface area contributed by atoms with E-state index in [0.717, 1.165) is 54.1 Å². The van der Waals surface area contributed by atoms with Gasteiger partial charge in [0.05, 0.1) is 17.0 Å². The first-order chi connectivity index (χ1) is 14.1. The first kappa shape index (κ1) is 19.0. The Balaban J connectivity index is 1.54. The lowest BCUT2D eigenvalue weighted by atomic mass is 10.0. The fourth-order valence-corrected chi connectivity index (χ4v) is 3.49. The third-order valence-electron chi connectivity index (χ3n) is 5.00. The van der Waals surface area contributed by atoms with E-state index in [4.69, 9.17) is 9.51 Å². The van der Waals surface area contributed by atoms with E-state index in [0.29, 0.717) is 24.7 Å². The fourth-order valence-electron chi connectivity index (χ4n) is 3.49. The number of rotatable bonds is 7. The summed E-state index contributed by atoms with van der Waals surface area (Å²) in [5.74, 6) is 1.41. The number of carbonyl (C=O) groups is 1. The smallest absolute Gasteiger partial charge is 0.223 e. The molecule has 0 spiro atoms. The number of hydrogen-bond donors (Lipinski definition) is 1. The molecule has 4 heterocycles. The number of carbonyl (C=O) groups excluding carboxylic acids is 1. The maximum Gasteiger partial charge on any atom is 0.223 e. The van der Waals surface area contributed by atoms with Crippen molar-refractivity contribution in [2.45, 2.75) is 33.1 Å². The monoisotopic (exact) mass is 392 g/mol. The van der Waals surface area contributed by atoms with E-state index >= 15 is 0 Å². The molecule has 0 saturated carbocycles. The Hall–Kier alpha value is -3.29. The minimum absolute atomic E-state index is 0.252. The van der Waals surface area contributed by atoms with Crippen molar-refractivity contribution >= 4 is 11.9 Å². The lowest BCUT2D eigenvalue weighted by Crippen LogP contribution is -2.27. The van der Waals surface area contributed by atoms with Gasteiger partial charge in [0.25, 0.3) is 0 Å². The zero-order valence-corrected chi connectivity index (χ0v) is 16.7. The van der Waals surface area contributed by atoms with Gasteiger partial charge in [-0.2, -0.15) is 0 Å². The van der Waals surface area contributed by atoms with Gasteiger partial charge in [-0.1, -0.05) is 5.16 Å². The summed E-state index contributed by atoms with van der Waals surface area (Å²) in [6, 6.07) is 5.74. The maximum absolute atomic E-state index is 11.7. The number of likely N-dealkylation sites (tertiary alicyclic amines) is 1. The topological polar surface area (TPSA) is 97.0 Å². The molecule has 29 heavy (non-hydrogen) atoms. The molecule has 0 atom stereocenters. The minimum atomic E-state index is 0.252. The van der Waals surface area contributed by atoms with Gasteiger partial charge in [-0.15, -0.1) is 0 Å². The van der Waals surface area contributed by atoms with Crippen molar-refractivity contribution in [2.24, 2.45) is 0 Å². The molecule has 150 valence electrons. The van der Waals surface area contributed by atoms with Crippen molar-refractivity contribution in [2.75, 3.05) is 25.0 Å². The number of aryl methyl sites for hydroxylation is 2. The Morgan fingerprint density at radius 3 is 2.86 bits per heavy atom. The number of nitrogens with zero attached hydrogens (tertiary/aromatic N) is 5. The molecule has 3 aromatic heterocycles. The molecule has 0 aromatic carbocycles. The zero-order chi connectivity index (χ0) is 20.2. The van der Waals surface area contributed by atoms with Gasteiger partial charge in [-0.25, -0.2) is 9.97 Å². The summed E-state index contributed by atoms with van der Waals surface area (Å²) in [4.78, 5) is 27.2. The van der Waals surface area contributed by atoms with Crippen LogP contribution >= 0.6 is 0 Å². The summed E-state index contributed by atoms with van der Waals surface area (Å²) in [7, 11) is 0.